The number of benzene rings is 1. The molecule has 0 saturated carbocycles. The van der Waals surface area contributed by atoms with E-state index in [9.17, 15) is 9.59 Å². The lowest BCUT2D eigenvalue weighted by Crippen LogP contribution is -2.41. The minimum Gasteiger partial charge on any atom is -0.488 e. The Morgan fingerprint density at radius 1 is 1.38 bits per heavy atom. The SMILES string of the molecule is O=C(O)CCC1CCCN(C(=O)C2=Cc3cc(Br)ccc3OC2)C1. The van der Waals surface area contributed by atoms with Crippen molar-refractivity contribution in [3.63, 3.8) is 0 Å². The van der Waals surface area contributed by atoms with Gasteiger partial charge in [-0.15, -0.1) is 0 Å². The summed E-state index contributed by atoms with van der Waals surface area (Å²) in [5, 5.41) is 8.83. The van der Waals surface area contributed by atoms with E-state index in [2.05, 4.69) is 15.9 Å². The van der Waals surface area contributed by atoms with Crippen LogP contribution in [-0.4, -0.2) is 41.6 Å². The molecule has 1 aromatic rings. The van der Waals surface area contributed by atoms with Crippen molar-refractivity contribution in [2.45, 2.75) is 25.7 Å². The van der Waals surface area contributed by atoms with Crippen LogP contribution >= 0.6 is 15.9 Å². The number of nitrogens with zero attached hydrogens (tertiary/aromatic N) is 1. The van der Waals surface area contributed by atoms with E-state index in [0.717, 1.165) is 35.2 Å². The molecule has 1 atom stereocenters. The number of carbonyl (C=O) groups is 2. The van der Waals surface area contributed by atoms with E-state index in [1.165, 1.54) is 0 Å². The summed E-state index contributed by atoms with van der Waals surface area (Å²) in [4.78, 5) is 25.4. The fourth-order valence-electron chi connectivity index (χ4n) is 3.29. The van der Waals surface area contributed by atoms with Crippen molar-refractivity contribution in [2.75, 3.05) is 19.7 Å². The minimum absolute atomic E-state index is 0.000602. The van der Waals surface area contributed by atoms with Crippen molar-refractivity contribution < 1.29 is 19.4 Å². The molecule has 3 rings (SSSR count). The number of carboxylic acids is 1. The van der Waals surface area contributed by atoms with Crippen LogP contribution in [0.1, 0.15) is 31.2 Å². The zero-order valence-corrected chi connectivity index (χ0v) is 14.9. The molecule has 0 aromatic heterocycles. The standard InChI is InChI=1S/C18H20BrNO4/c19-15-4-5-16-13(9-15)8-14(11-24-16)18(23)20-7-1-2-12(10-20)3-6-17(21)22/h4-5,8-9,12H,1-3,6-7,10-11H2,(H,21,22). The summed E-state index contributed by atoms with van der Waals surface area (Å²) >= 11 is 3.43. The molecule has 6 heteroatoms. The van der Waals surface area contributed by atoms with Gasteiger partial charge < -0.3 is 14.7 Å². The lowest BCUT2D eigenvalue weighted by Gasteiger charge is -2.33. The van der Waals surface area contributed by atoms with Gasteiger partial charge in [-0.25, -0.2) is 0 Å². The van der Waals surface area contributed by atoms with Gasteiger partial charge in [0.1, 0.15) is 12.4 Å². The van der Waals surface area contributed by atoms with E-state index in [4.69, 9.17) is 9.84 Å². The summed E-state index contributed by atoms with van der Waals surface area (Å²) in [5.74, 6) is 0.280. The fourth-order valence-corrected chi connectivity index (χ4v) is 3.67. The summed E-state index contributed by atoms with van der Waals surface area (Å²) in [5.41, 5.74) is 1.55. The van der Waals surface area contributed by atoms with E-state index in [1.807, 2.05) is 29.2 Å². The molecular formula is C18H20BrNO4. The highest BCUT2D eigenvalue weighted by Gasteiger charge is 2.27. The highest BCUT2D eigenvalue weighted by Crippen LogP contribution is 2.30. The maximum atomic E-state index is 12.8. The van der Waals surface area contributed by atoms with Gasteiger partial charge in [0.05, 0.1) is 5.57 Å². The Morgan fingerprint density at radius 2 is 2.21 bits per heavy atom. The number of halogens is 1. The molecule has 1 fully saturated rings. The predicted molar refractivity (Wildman–Crippen MR) is 93.8 cm³/mol. The number of hydrogen-bond donors (Lipinski definition) is 1. The van der Waals surface area contributed by atoms with E-state index < -0.39 is 5.97 Å². The topological polar surface area (TPSA) is 66.8 Å². The van der Waals surface area contributed by atoms with Gasteiger partial charge in [0.2, 0.25) is 0 Å². The quantitative estimate of drug-likeness (QED) is 0.851. The molecule has 5 nitrogen and oxygen atoms in total. The Hall–Kier alpha value is -1.82. The van der Waals surface area contributed by atoms with Crippen LogP contribution < -0.4 is 4.74 Å². The average Bonchev–Trinajstić information content (AvgIpc) is 2.59. The second-order valence-electron chi connectivity index (χ2n) is 6.33. The molecule has 0 radical (unpaired) electrons. The Labute approximate surface area is 149 Å². The summed E-state index contributed by atoms with van der Waals surface area (Å²) in [6, 6.07) is 5.74. The van der Waals surface area contributed by atoms with Crippen molar-refractivity contribution in [1.82, 2.24) is 4.90 Å². The third-order valence-electron chi connectivity index (χ3n) is 4.53. The number of amides is 1. The van der Waals surface area contributed by atoms with Gasteiger partial charge in [-0.2, -0.15) is 0 Å². The second-order valence-corrected chi connectivity index (χ2v) is 7.25. The Kier molecular flexibility index (Phi) is 5.23. The molecule has 1 saturated heterocycles. The maximum absolute atomic E-state index is 12.8. The van der Waals surface area contributed by atoms with E-state index in [0.29, 0.717) is 18.5 Å². The van der Waals surface area contributed by atoms with Gasteiger partial charge in [0.25, 0.3) is 5.91 Å². The number of likely N-dealkylation sites (tertiary alicyclic amines) is 1. The van der Waals surface area contributed by atoms with Crippen LogP contribution in [-0.2, 0) is 9.59 Å². The molecular weight excluding hydrogens is 374 g/mol. The Balaban J connectivity index is 1.69. The molecule has 1 unspecified atom stereocenters. The first-order valence-electron chi connectivity index (χ1n) is 8.17. The van der Waals surface area contributed by atoms with Crippen LogP contribution in [0.15, 0.2) is 28.2 Å². The van der Waals surface area contributed by atoms with Crippen LogP contribution in [0.4, 0.5) is 0 Å². The molecule has 1 N–H and O–H groups in total. The molecule has 0 spiro atoms. The van der Waals surface area contributed by atoms with Crippen LogP contribution in [0.2, 0.25) is 0 Å². The number of fused-ring (bicyclic) bond motifs is 1. The molecule has 2 aliphatic heterocycles. The minimum atomic E-state index is -0.774. The van der Waals surface area contributed by atoms with Crippen molar-refractivity contribution in [3.8, 4) is 5.75 Å². The van der Waals surface area contributed by atoms with Gasteiger partial charge in [0.15, 0.2) is 0 Å². The number of piperidine rings is 1. The Bertz CT molecular complexity index is 686. The summed E-state index contributed by atoms with van der Waals surface area (Å²) in [6.45, 7) is 1.64. The third kappa shape index (κ3) is 3.98. The molecule has 1 aromatic carbocycles. The average molecular weight is 394 g/mol. The Morgan fingerprint density at radius 3 is 3.00 bits per heavy atom. The van der Waals surface area contributed by atoms with E-state index in [-0.39, 0.29) is 24.9 Å². The highest BCUT2D eigenvalue weighted by molar-refractivity contribution is 9.10. The molecule has 0 aliphatic carbocycles. The number of ether oxygens (including phenoxy) is 1. The highest BCUT2D eigenvalue weighted by atomic mass is 79.9. The number of aliphatic carboxylic acids is 1. The molecule has 1 amide bonds. The summed E-state index contributed by atoms with van der Waals surface area (Å²) in [7, 11) is 0. The predicted octanol–water partition coefficient (Wildman–Crippen LogP) is 3.33. The normalized spacial score (nSPS) is 20.0. The zero-order chi connectivity index (χ0) is 17.1. The third-order valence-corrected chi connectivity index (χ3v) is 5.03. The molecule has 24 heavy (non-hydrogen) atoms. The molecule has 128 valence electrons. The van der Waals surface area contributed by atoms with E-state index >= 15 is 0 Å². The summed E-state index contributed by atoms with van der Waals surface area (Å²) < 4.78 is 6.64. The van der Waals surface area contributed by atoms with Gasteiger partial charge >= 0.3 is 5.97 Å². The smallest absolute Gasteiger partial charge is 0.303 e. The lowest BCUT2D eigenvalue weighted by atomic mass is 9.93. The van der Waals surface area contributed by atoms with Crippen molar-refractivity contribution in [2.24, 2.45) is 5.92 Å². The zero-order valence-electron chi connectivity index (χ0n) is 13.3. The largest absolute Gasteiger partial charge is 0.488 e. The molecule has 0 bridgehead atoms. The first-order chi connectivity index (χ1) is 11.5. The van der Waals surface area contributed by atoms with Crippen LogP contribution in [0, 0.1) is 5.92 Å². The van der Waals surface area contributed by atoms with Crippen molar-refractivity contribution in [3.05, 3.63) is 33.8 Å². The maximum Gasteiger partial charge on any atom is 0.303 e. The fraction of sp³-hybridized carbons (Fsp3) is 0.444. The number of rotatable bonds is 4. The second kappa shape index (κ2) is 7.38. The molecule has 2 aliphatic rings. The molecule has 2 heterocycles. The number of carboxylic acid groups (broad SMARTS) is 1. The van der Waals surface area contributed by atoms with Gasteiger partial charge in [-0.05, 0) is 49.5 Å². The summed E-state index contributed by atoms with van der Waals surface area (Å²) in [6.07, 6.45) is 4.60. The van der Waals surface area contributed by atoms with Crippen molar-refractivity contribution in [1.29, 1.82) is 0 Å². The van der Waals surface area contributed by atoms with Crippen LogP contribution in [0.5, 0.6) is 5.75 Å². The van der Waals surface area contributed by atoms with Gasteiger partial charge in [0, 0.05) is 29.5 Å². The van der Waals surface area contributed by atoms with Gasteiger partial charge in [-0.3, -0.25) is 9.59 Å². The van der Waals surface area contributed by atoms with Crippen LogP contribution in [0.25, 0.3) is 6.08 Å². The van der Waals surface area contributed by atoms with E-state index in [1.54, 1.807) is 0 Å². The first-order valence-corrected chi connectivity index (χ1v) is 8.96. The number of carbonyl (C=O) groups excluding carboxylic acids is 1. The lowest BCUT2D eigenvalue weighted by molar-refractivity contribution is -0.137. The van der Waals surface area contributed by atoms with Crippen LogP contribution in [0.3, 0.4) is 0 Å². The monoisotopic (exact) mass is 393 g/mol. The number of hydrogen-bond acceptors (Lipinski definition) is 3. The first kappa shape index (κ1) is 17.0. The van der Waals surface area contributed by atoms with Gasteiger partial charge in [-0.1, -0.05) is 15.9 Å². The van der Waals surface area contributed by atoms with Crippen molar-refractivity contribution >= 4 is 33.9 Å².